The van der Waals surface area contributed by atoms with Gasteiger partial charge in [-0.3, -0.25) is 4.79 Å². The lowest BCUT2D eigenvalue weighted by Crippen LogP contribution is -2.49. The van der Waals surface area contributed by atoms with Crippen molar-refractivity contribution in [3.8, 4) is 17.0 Å². The van der Waals surface area contributed by atoms with Gasteiger partial charge in [-0.25, -0.2) is 14.8 Å². The van der Waals surface area contributed by atoms with Crippen molar-refractivity contribution in [3.63, 3.8) is 0 Å². The lowest BCUT2D eigenvalue weighted by Gasteiger charge is -2.35. The second-order valence-electron chi connectivity index (χ2n) is 7.22. The molecule has 1 amide bonds. The Bertz CT molecular complexity index is 1060. The predicted octanol–water partition coefficient (Wildman–Crippen LogP) is 3.64. The summed E-state index contributed by atoms with van der Waals surface area (Å²) in [6.07, 6.45) is 0.817. The Morgan fingerprint density at radius 1 is 0.938 bits per heavy atom. The summed E-state index contributed by atoms with van der Waals surface area (Å²) in [7, 11) is 0. The molecule has 1 aliphatic heterocycles. The van der Waals surface area contributed by atoms with Crippen molar-refractivity contribution in [3.05, 3.63) is 72.6 Å². The van der Waals surface area contributed by atoms with Crippen molar-refractivity contribution >= 4 is 17.9 Å². The third-order valence-electron chi connectivity index (χ3n) is 5.18. The first-order valence-electron chi connectivity index (χ1n) is 10.5. The van der Waals surface area contributed by atoms with Gasteiger partial charge in [0.15, 0.2) is 0 Å². The van der Waals surface area contributed by atoms with E-state index in [4.69, 9.17) is 9.47 Å². The number of nitrogens with zero attached hydrogens (tertiary/aromatic N) is 4. The normalized spacial score (nSPS) is 13.5. The molecule has 1 aliphatic rings. The first-order chi connectivity index (χ1) is 15.6. The molecule has 164 valence electrons. The van der Waals surface area contributed by atoms with Crippen molar-refractivity contribution < 1.29 is 19.1 Å². The quantitative estimate of drug-likeness (QED) is 0.449. The Balaban J connectivity index is 1.35. The highest BCUT2D eigenvalue weighted by Crippen LogP contribution is 2.22. The molecule has 3 aromatic rings. The first kappa shape index (κ1) is 21.3. The summed E-state index contributed by atoms with van der Waals surface area (Å²) in [4.78, 5) is 37.0. The van der Waals surface area contributed by atoms with Crippen LogP contribution in [0, 0.1) is 0 Å². The van der Waals surface area contributed by atoms with Crippen LogP contribution >= 0.6 is 0 Å². The van der Waals surface area contributed by atoms with Gasteiger partial charge < -0.3 is 19.3 Å². The molecule has 4 rings (SSSR count). The number of carbonyl (C=O) groups is 2. The van der Waals surface area contributed by atoms with Gasteiger partial charge in [0.1, 0.15) is 17.9 Å². The van der Waals surface area contributed by atoms with Gasteiger partial charge in [-0.05, 0) is 31.2 Å². The van der Waals surface area contributed by atoms with Gasteiger partial charge in [0, 0.05) is 43.4 Å². The highest BCUT2D eigenvalue weighted by Gasteiger charge is 2.23. The molecule has 2 heterocycles. The van der Waals surface area contributed by atoms with E-state index in [1.54, 1.807) is 37.5 Å². The van der Waals surface area contributed by atoms with E-state index < -0.39 is 6.16 Å². The van der Waals surface area contributed by atoms with Crippen molar-refractivity contribution in [2.45, 2.75) is 6.92 Å². The number of carbonyl (C=O) groups excluding carboxylic acids is 2. The molecule has 0 N–H and O–H groups in total. The number of anilines is 1. The van der Waals surface area contributed by atoms with Gasteiger partial charge in [0.05, 0.1) is 12.3 Å². The summed E-state index contributed by atoms with van der Waals surface area (Å²) in [6, 6.07) is 18.4. The maximum atomic E-state index is 12.9. The van der Waals surface area contributed by atoms with Gasteiger partial charge in [0.25, 0.3) is 5.91 Å². The van der Waals surface area contributed by atoms with Crippen molar-refractivity contribution in [2.24, 2.45) is 0 Å². The van der Waals surface area contributed by atoms with E-state index in [9.17, 15) is 9.59 Å². The summed E-state index contributed by atoms with van der Waals surface area (Å²) in [6.45, 7) is 4.48. The zero-order valence-corrected chi connectivity index (χ0v) is 17.8. The summed E-state index contributed by atoms with van der Waals surface area (Å²) in [5.74, 6) is 1.13. The number of amides is 1. The number of rotatable bonds is 5. The Morgan fingerprint density at radius 3 is 2.34 bits per heavy atom. The summed E-state index contributed by atoms with van der Waals surface area (Å²) < 4.78 is 9.78. The average Bonchev–Trinajstić information content (AvgIpc) is 2.85. The van der Waals surface area contributed by atoms with Crippen LogP contribution in [0.4, 0.5) is 10.6 Å². The van der Waals surface area contributed by atoms with Gasteiger partial charge >= 0.3 is 6.16 Å². The smallest absolute Gasteiger partial charge is 0.434 e. The average molecular weight is 432 g/mol. The topological polar surface area (TPSA) is 84.9 Å². The second-order valence-corrected chi connectivity index (χ2v) is 7.22. The van der Waals surface area contributed by atoms with Gasteiger partial charge in [-0.1, -0.05) is 30.3 Å². The van der Waals surface area contributed by atoms with Crippen LogP contribution in [0.25, 0.3) is 11.3 Å². The van der Waals surface area contributed by atoms with Crippen molar-refractivity contribution in [2.75, 3.05) is 37.7 Å². The highest BCUT2D eigenvalue weighted by molar-refractivity contribution is 5.94. The SMILES string of the molecule is CCOC(=O)Oc1ccc(C(=O)N2CCN(c3cc(-c4ccccc4)ncn3)CC2)cc1. The second kappa shape index (κ2) is 9.91. The minimum atomic E-state index is -0.761. The molecule has 1 fully saturated rings. The minimum absolute atomic E-state index is 0.0556. The molecular weight excluding hydrogens is 408 g/mol. The van der Waals surface area contributed by atoms with Gasteiger partial charge in [-0.15, -0.1) is 0 Å². The number of benzene rings is 2. The molecule has 0 atom stereocenters. The van der Waals surface area contributed by atoms with Crippen molar-refractivity contribution in [1.82, 2.24) is 14.9 Å². The van der Waals surface area contributed by atoms with Crippen LogP contribution in [-0.2, 0) is 4.74 Å². The molecule has 0 spiro atoms. The van der Waals surface area contributed by atoms with Crippen LogP contribution in [0.3, 0.4) is 0 Å². The molecule has 8 nitrogen and oxygen atoms in total. The molecule has 32 heavy (non-hydrogen) atoms. The summed E-state index contributed by atoms with van der Waals surface area (Å²) in [5, 5.41) is 0. The standard InChI is InChI=1S/C24H24N4O4/c1-2-31-24(30)32-20-10-8-19(9-11-20)23(29)28-14-12-27(13-15-28)22-16-21(25-17-26-22)18-6-4-3-5-7-18/h3-11,16-17H,2,12-15H2,1H3. The van der Waals surface area contributed by atoms with Crippen molar-refractivity contribution in [1.29, 1.82) is 0 Å². The van der Waals surface area contributed by atoms with Gasteiger partial charge in [0.2, 0.25) is 0 Å². The number of ether oxygens (including phenoxy) is 2. The lowest BCUT2D eigenvalue weighted by molar-refractivity contribution is 0.0746. The number of hydrogen-bond donors (Lipinski definition) is 0. The zero-order chi connectivity index (χ0) is 22.3. The summed E-state index contributed by atoms with van der Waals surface area (Å²) >= 11 is 0. The zero-order valence-electron chi connectivity index (χ0n) is 17.8. The van der Waals surface area contributed by atoms with E-state index in [1.807, 2.05) is 41.3 Å². The van der Waals surface area contributed by atoms with Crippen LogP contribution in [-0.4, -0.2) is 59.7 Å². The number of hydrogen-bond acceptors (Lipinski definition) is 7. The molecule has 1 saturated heterocycles. The van der Waals surface area contributed by atoms with E-state index in [-0.39, 0.29) is 12.5 Å². The van der Waals surface area contributed by atoms with Crippen LogP contribution in [0.2, 0.25) is 0 Å². The van der Waals surface area contributed by atoms with Crippen LogP contribution in [0.1, 0.15) is 17.3 Å². The number of aromatic nitrogens is 2. The first-order valence-corrected chi connectivity index (χ1v) is 10.5. The molecule has 0 bridgehead atoms. The third-order valence-corrected chi connectivity index (χ3v) is 5.18. The van der Waals surface area contributed by atoms with Crippen LogP contribution < -0.4 is 9.64 Å². The Hall–Kier alpha value is -3.94. The molecule has 0 unspecified atom stereocenters. The van der Waals surface area contributed by atoms with Crippen LogP contribution in [0.5, 0.6) is 5.75 Å². The molecule has 1 aromatic heterocycles. The Kier molecular flexibility index (Phi) is 6.60. The molecule has 0 saturated carbocycles. The Morgan fingerprint density at radius 2 is 1.66 bits per heavy atom. The predicted molar refractivity (Wildman–Crippen MR) is 120 cm³/mol. The van der Waals surface area contributed by atoms with Gasteiger partial charge in [-0.2, -0.15) is 0 Å². The fraction of sp³-hybridized carbons (Fsp3) is 0.250. The fourth-order valence-electron chi connectivity index (χ4n) is 3.52. The minimum Gasteiger partial charge on any atom is -0.434 e. The lowest BCUT2D eigenvalue weighted by atomic mass is 10.1. The van der Waals surface area contributed by atoms with E-state index in [1.165, 1.54) is 0 Å². The molecular formula is C24H24N4O4. The van der Waals surface area contributed by atoms with E-state index in [2.05, 4.69) is 14.9 Å². The maximum Gasteiger partial charge on any atom is 0.513 e. The molecule has 2 aromatic carbocycles. The monoisotopic (exact) mass is 432 g/mol. The van der Waals surface area contributed by atoms with E-state index >= 15 is 0 Å². The Labute approximate surface area is 186 Å². The van der Waals surface area contributed by atoms with E-state index in [0.29, 0.717) is 37.5 Å². The maximum absolute atomic E-state index is 12.9. The van der Waals surface area contributed by atoms with E-state index in [0.717, 1.165) is 17.1 Å². The van der Waals surface area contributed by atoms with Crippen LogP contribution in [0.15, 0.2) is 67.0 Å². The number of piperazine rings is 1. The third kappa shape index (κ3) is 5.03. The molecule has 0 aliphatic carbocycles. The summed E-state index contributed by atoms with van der Waals surface area (Å²) in [5.41, 5.74) is 2.46. The fourth-order valence-corrected chi connectivity index (χ4v) is 3.52. The largest absolute Gasteiger partial charge is 0.513 e. The molecule has 0 radical (unpaired) electrons. The highest BCUT2D eigenvalue weighted by atomic mass is 16.7. The molecule has 8 heteroatoms.